The Kier molecular flexibility index (Phi) is 6.20. The van der Waals surface area contributed by atoms with Crippen LogP contribution >= 0.6 is 0 Å². The van der Waals surface area contributed by atoms with Gasteiger partial charge in [0, 0.05) is 29.6 Å². The molecule has 1 aliphatic carbocycles. The highest BCUT2D eigenvalue weighted by Crippen LogP contribution is 2.26. The van der Waals surface area contributed by atoms with Crippen LogP contribution in [0.1, 0.15) is 49.9 Å². The Morgan fingerprint density at radius 2 is 2.10 bits per heavy atom. The fourth-order valence-electron chi connectivity index (χ4n) is 3.57. The smallest absolute Gasteiger partial charge is 0.295 e. The molecule has 2 N–H and O–H groups in total. The van der Waals surface area contributed by atoms with Gasteiger partial charge in [-0.1, -0.05) is 6.42 Å². The Labute approximate surface area is 167 Å². The molecule has 1 heterocycles. The molecule has 1 aliphatic rings. The van der Waals surface area contributed by atoms with Gasteiger partial charge in [0.2, 0.25) is 5.91 Å². The first-order valence-corrected chi connectivity index (χ1v) is 9.60. The van der Waals surface area contributed by atoms with Gasteiger partial charge in [-0.2, -0.15) is 5.10 Å². The number of nitro benzene ring substituents is 1. The van der Waals surface area contributed by atoms with Crippen LogP contribution in [-0.4, -0.2) is 43.6 Å². The van der Waals surface area contributed by atoms with Crippen LogP contribution < -0.4 is 10.6 Å². The number of hydrogen-bond acceptors (Lipinski definition) is 6. The minimum atomic E-state index is -0.555. The molecule has 0 spiro atoms. The Bertz CT molecular complexity index is 896. The lowest BCUT2D eigenvalue weighted by molar-refractivity contribution is -0.384. The average molecular weight is 400 g/mol. The van der Waals surface area contributed by atoms with Crippen molar-refractivity contribution in [1.29, 1.82) is 0 Å². The zero-order valence-electron chi connectivity index (χ0n) is 16.4. The molecule has 2 aromatic rings. The Morgan fingerprint density at radius 1 is 1.31 bits per heavy atom. The molecule has 154 valence electrons. The summed E-state index contributed by atoms with van der Waals surface area (Å²) in [5.41, 5.74) is 0.183. The maximum atomic E-state index is 12.7. The summed E-state index contributed by atoms with van der Waals surface area (Å²) in [6.45, 7) is 3.83. The van der Waals surface area contributed by atoms with Crippen LogP contribution in [0.5, 0.6) is 0 Å². The summed E-state index contributed by atoms with van der Waals surface area (Å²) in [6, 6.07) is 4.15. The highest BCUT2D eigenvalue weighted by atomic mass is 16.6. The summed E-state index contributed by atoms with van der Waals surface area (Å²) >= 11 is 0. The highest BCUT2D eigenvalue weighted by Gasteiger charge is 2.29. The van der Waals surface area contributed by atoms with E-state index in [2.05, 4.69) is 20.7 Å². The molecular weight excluding hydrogens is 376 g/mol. The first-order valence-electron chi connectivity index (χ1n) is 9.60. The van der Waals surface area contributed by atoms with Crippen LogP contribution in [0.25, 0.3) is 5.69 Å². The standard InChI is InChI=1S/C19H24N6O4/c1-12(2)22-18(26)13-4-3-5-15(8-13)23-19(27)14-6-7-16(17(9-14)25(28)29)24-11-20-10-21-24/h6-7,9-13,15H,3-5,8H2,1-2H3,(H,22,26)(H,23,27). The second-order valence-corrected chi connectivity index (χ2v) is 7.50. The van der Waals surface area contributed by atoms with E-state index in [0.29, 0.717) is 6.42 Å². The van der Waals surface area contributed by atoms with E-state index in [4.69, 9.17) is 0 Å². The molecule has 2 atom stereocenters. The van der Waals surface area contributed by atoms with E-state index in [9.17, 15) is 19.7 Å². The van der Waals surface area contributed by atoms with E-state index in [1.807, 2.05) is 13.8 Å². The number of benzene rings is 1. The second kappa shape index (κ2) is 8.80. The Morgan fingerprint density at radius 3 is 2.76 bits per heavy atom. The average Bonchev–Trinajstić information content (AvgIpc) is 3.21. The lowest BCUT2D eigenvalue weighted by Crippen LogP contribution is -2.43. The highest BCUT2D eigenvalue weighted by molar-refractivity contribution is 5.95. The zero-order chi connectivity index (χ0) is 21.0. The van der Waals surface area contributed by atoms with Crippen LogP contribution in [0.2, 0.25) is 0 Å². The molecule has 1 fully saturated rings. The maximum Gasteiger partial charge on any atom is 0.295 e. The first kappa shape index (κ1) is 20.4. The van der Waals surface area contributed by atoms with Gasteiger partial charge in [-0.15, -0.1) is 0 Å². The number of nitrogens with one attached hydrogen (secondary N) is 2. The van der Waals surface area contributed by atoms with E-state index in [1.165, 1.54) is 35.5 Å². The van der Waals surface area contributed by atoms with E-state index < -0.39 is 10.8 Å². The topological polar surface area (TPSA) is 132 Å². The van der Waals surface area contributed by atoms with Crippen LogP contribution in [0.4, 0.5) is 5.69 Å². The molecular formula is C19H24N6O4. The van der Waals surface area contributed by atoms with Crippen molar-refractivity contribution in [3.63, 3.8) is 0 Å². The molecule has 29 heavy (non-hydrogen) atoms. The monoisotopic (exact) mass is 400 g/mol. The molecule has 1 aromatic heterocycles. The SMILES string of the molecule is CC(C)NC(=O)C1CCCC(NC(=O)c2ccc(-n3cncn3)c([N+](=O)[O-])c2)C1. The summed E-state index contributed by atoms with van der Waals surface area (Å²) in [5, 5.41) is 21.2. The van der Waals surface area contributed by atoms with Crippen molar-refractivity contribution < 1.29 is 14.5 Å². The Hall–Kier alpha value is -3.30. The second-order valence-electron chi connectivity index (χ2n) is 7.50. The lowest BCUT2D eigenvalue weighted by atomic mass is 9.85. The van der Waals surface area contributed by atoms with Crippen LogP contribution in [-0.2, 0) is 4.79 Å². The number of aromatic nitrogens is 3. The number of rotatable bonds is 6. The molecule has 10 nitrogen and oxygen atoms in total. The van der Waals surface area contributed by atoms with E-state index >= 15 is 0 Å². The van der Waals surface area contributed by atoms with Crippen molar-refractivity contribution in [2.45, 2.75) is 51.6 Å². The number of nitrogens with zero attached hydrogens (tertiary/aromatic N) is 4. The van der Waals surface area contributed by atoms with Crippen LogP contribution in [0, 0.1) is 16.0 Å². The Balaban J connectivity index is 1.71. The van der Waals surface area contributed by atoms with Gasteiger partial charge < -0.3 is 10.6 Å². The van der Waals surface area contributed by atoms with Crippen LogP contribution in [0.15, 0.2) is 30.9 Å². The third-order valence-electron chi connectivity index (χ3n) is 4.91. The largest absolute Gasteiger partial charge is 0.354 e. The number of nitro groups is 1. The van der Waals surface area contributed by atoms with Gasteiger partial charge in [0.05, 0.1) is 4.92 Å². The fraction of sp³-hybridized carbons (Fsp3) is 0.474. The summed E-state index contributed by atoms with van der Waals surface area (Å²) in [7, 11) is 0. The molecule has 1 saturated carbocycles. The van der Waals surface area contributed by atoms with Gasteiger partial charge in [0.25, 0.3) is 11.6 Å². The summed E-state index contributed by atoms with van der Waals surface area (Å²) < 4.78 is 1.28. The van der Waals surface area contributed by atoms with Crippen molar-refractivity contribution in [2.75, 3.05) is 0 Å². The summed E-state index contributed by atoms with van der Waals surface area (Å²) in [6.07, 6.45) is 5.60. The molecule has 2 unspecified atom stereocenters. The normalized spacial score (nSPS) is 19.0. The van der Waals surface area contributed by atoms with E-state index in [0.717, 1.165) is 19.3 Å². The molecule has 0 saturated heterocycles. The number of carbonyl (C=O) groups excluding carboxylic acids is 2. The summed E-state index contributed by atoms with van der Waals surface area (Å²) in [4.78, 5) is 39.6. The molecule has 0 aliphatic heterocycles. The predicted molar refractivity (Wildman–Crippen MR) is 105 cm³/mol. The van der Waals surface area contributed by atoms with E-state index in [-0.39, 0.29) is 40.8 Å². The quantitative estimate of drug-likeness (QED) is 0.563. The van der Waals surface area contributed by atoms with Crippen molar-refractivity contribution >= 4 is 17.5 Å². The molecule has 2 amide bonds. The molecule has 0 bridgehead atoms. The number of amides is 2. The third kappa shape index (κ3) is 4.95. The molecule has 0 radical (unpaired) electrons. The summed E-state index contributed by atoms with van der Waals surface area (Å²) in [5.74, 6) is -0.527. The van der Waals surface area contributed by atoms with Gasteiger partial charge >= 0.3 is 0 Å². The minimum Gasteiger partial charge on any atom is -0.354 e. The molecule has 10 heteroatoms. The van der Waals surface area contributed by atoms with Gasteiger partial charge in [0.1, 0.15) is 18.3 Å². The van der Waals surface area contributed by atoms with Crippen molar-refractivity contribution in [1.82, 2.24) is 25.4 Å². The van der Waals surface area contributed by atoms with E-state index in [1.54, 1.807) is 0 Å². The molecule has 3 rings (SSSR count). The zero-order valence-corrected chi connectivity index (χ0v) is 16.4. The third-order valence-corrected chi connectivity index (χ3v) is 4.91. The van der Waals surface area contributed by atoms with Crippen molar-refractivity contribution in [2.24, 2.45) is 5.92 Å². The molecule has 1 aromatic carbocycles. The number of hydrogen-bond donors (Lipinski definition) is 2. The van der Waals surface area contributed by atoms with Crippen molar-refractivity contribution in [3.05, 3.63) is 46.5 Å². The first-order chi connectivity index (χ1) is 13.8. The minimum absolute atomic E-state index is 0.00627. The van der Waals surface area contributed by atoms with Crippen molar-refractivity contribution in [3.8, 4) is 5.69 Å². The predicted octanol–water partition coefficient (Wildman–Crippen LogP) is 1.99. The van der Waals surface area contributed by atoms with Gasteiger partial charge in [-0.25, -0.2) is 9.67 Å². The van der Waals surface area contributed by atoms with Gasteiger partial charge in [-0.05, 0) is 45.2 Å². The maximum absolute atomic E-state index is 12.7. The lowest BCUT2D eigenvalue weighted by Gasteiger charge is -2.29. The number of carbonyl (C=O) groups is 2. The van der Waals surface area contributed by atoms with Gasteiger partial charge in [-0.3, -0.25) is 19.7 Å². The van der Waals surface area contributed by atoms with Gasteiger partial charge in [0.15, 0.2) is 0 Å². The fourth-order valence-corrected chi connectivity index (χ4v) is 3.57. The van der Waals surface area contributed by atoms with Crippen LogP contribution in [0.3, 0.4) is 0 Å².